The molecule has 1 saturated heterocycles. The summed E-state index contributed by atoms with van der Waals surface area (Å²) >= 11 is 13.6. The summed E-state index contributed by atoms with van der Waals surface area (Å²) in [6.07, 6.45) is 1.66. The van der Waals surface area contributed by atoms with Gasteiger partial charge >= 0.3 is 10.1 Å². The van der Waals surface area contributed by atoms with Crippen LogP contribution in [0, 0.1) is 0 Å². The van der Waals surface area contributed by atoms with Crippen molar-refractivity contribution in [3.05, 3.63) is 118 Å². The number of para-hydroxylation sites is 2. The molecule has 5 rings (SSSR count). The number of thioether (sulfide) groups is 1. The number of hydrogen-bond donors (Lipinski definition) is 0. The number of rotatable bonds is 8. The Morgan fingerprint density at radius 3 is 2.24 bits per heavy atom. The van der Waals surface area contributed by atoms with Crippen molar-refractivity contribution in [3.63, 3.8) is 0 Å². The lowest BCUT2D eigenvalue weighted by atomic mass is 10.1. The molecule has 1 amide bonds. The number of halogens is 2. The normalized spacial score (nSPS) is 15.5. The summed E-state index contributed by atoms with van der Waals surface area (Å²) in [4.78, 5) is 20.2. The van der Waals surface area contributed by atoms with Gasteiger partial charge in [0.1, 0.15) is 4.90 Å². The Morgan fingerprint density at radius 2 is 1.59 bits per heavy atom. The number of aliphatic imine (C=N–C) groups is 1. The first-order valence-corrected chi connectivity index (χ1v) is 15.3. The zero-order valence-corrected chi connectivity index (χ0v) is 24.7. The Hall–Kier alpha value is -3.76. The van der Waals surface area contributed by atoms with Crippen LogP contribution in [0.4, 0.5) is 11.4 Å². The van der Waals surface area contributed by atoms with Crippen LogP contribution in [0.15, 0.2) is 112 Å². The molecule has 0 aliphatic carbocycles. The molecule has 0 saturated carbocycles. The first kappa shape index (κ1) is 28.8. The van der Waals surface area contributed by atoms with Crippen LogP contribution in [-0.4, -0.2) is 26.1 Å². The van der Waals surface area contributed by atoms with Gasteiger partial charge in [-0.3, -0.25) is 9.69 Å². The predicted molar refractivity (Wildman–Crippen MR) is 165 cm³/mol. The van der Waals surface area contributed by atoms with Crippen molar-refractivity contribution in [3.8, 4) is 11.5 Å². The molecule has 0 aromatic heterocycles. The van der Waals surface area contributed by atoms with E-state index in [0.717, 1.165) is 0 Å². The number of amides is 1. The number of nitrogens with zero attached hydrogens (tertiary/aromatic N) is 2. The zero-order valence-electron chi connectivity index (χ0n) is 21.5. The molecule has 1 aliphatic heterocycles. The average Bonchev–Trinajstić information content (AvgIpc) is 3.25. The van der Waals surface area contributed by atoms with Crippen molar-refractivity contribution in [1.29, 1.82) is 0 Å². The van der Waals surface area contributed by atoms with E-state index in [0.29, 0.717) is 32.0 Å². The molecule has 1 fully saturated rings. The van der Waals surface area contributed by atoms with Gasteiger partial charge in [-0.05, 0) is 91.0 Å². The third-order valence-corrected chi connectivity index (χ3v) is 8.46. The topological polar surface area (TPSA) is 85.3 Å². The second kappa shape index (κ2) is 12.4. The first-order valence-electron chi connectivity index (χ1n) is 12.3. The van der Waals surface area contributed by atoms with E-state index < -0.39 is 10.1 Å². The highest BCUT2D eigenvalue weighted by Gasteiger charge is 2.35. The van der Waals surface area contributed by atoms with Crippen LogP contribution >= 0.6 is 35.0 Å². The van der Waals surface area contributed by atoms with E-state index in [1.54, 1.807) is 24.0 Å². The highest BCUT2D eigenvalue weighted by atomic mass is 35.5. The number of ether oxygens (including phenoxy) is 1. The van der Waals surface area contributed by atoms with Gasteiger partial charge in [0.15, 0.2) is 10.9 Å². The van der Waals surface area contributed by atoms with E-state index in [1.165, 1.54) is 42.1 Å². The fraction of sp³-hybridized carbons (Fsp3) is 0.0667. The van der Waals surface area contributed by atoms with Crippen molar-refractivity contribution in [2.24, 2.45) is 4.99 Å². The van der Waals surface area contributed by atoms with Gasteiger partial charge in [-0.1, -0.05) is 59.6 Å². The quantitative estimate of drug-likeness (QED) is 0.146. The maximum Gasteiger partial charge on any atom is 0.339 e. The Bertz CT molecular complexity index is 1750. The molecule has 4 aromatic rings. The maximum atomic E-state index is 13.6. The van der Waals surface area contributed by atoms with Crippen molar-refractivity contribution >= 4 is 73.6 Å². The van der Waals surface area contributed by atoms with Gasteiger partial charge in [0.2, 0.25) is 5.75 Å². The van der Waals surface area contributed by atoms with Crippen LogP contribution in [0.25, 0.3) is 6.08 Å². The highest BCUT2D eigenvalue weighted by Crippen LogP contribution is 2.41. The van der Waals surface area contributed by atoms with Gasteiger partial charge in [0.25, 0.3) is 5.91 Å². The second-order valence-electron chi connectivity index (χ2n) is 8.57. The Labute approximate surface area is 252 Å². The molecule has 1 aliphatic rings. The van der Waals surface area contributed by atoms with Crippen molar-refractivity contribution < 1.29 is 22.1 Å². The van der Waals surface area contributed by atoms with Crippen LogP contribution in [0.1, 0.15) is 12.5 Å². The minimum Gasteiger partial charge on any atom is -0.490 e. The predicted octanol–water partition coefficient (Wildman–Crippen LogP) is 7.97. The number of benzene rings is 4. The summed E-state index contributed by atoms with van der Waals surface area (Å²) in [6.45, 7) is 1.97. The van der Waals surface area contributed by atoms with Gasteiger partial charge in [-0.2, -0.15) is 8.42 Å². The van der Waals surface area contributed by atoms with E-state index in [2.05, 4.69) is 0 Å². The molecule has 0 spiro atoms. The zero-order chi connectivity index (χ0) is 29.0. The molecule has 1 heterocycles. The maximum absolute atomic E-state index is 13.6. The number of anilines is 1. The van der Waals surface area contributed by atoms with Gasteiger partial charge in [0.05, 0.1) is 27.9 Å². The molecule has 0 atom stereocenters. The van der Waals surface area contributed by atoms with Gasteiger partial charge in [-0.25, -0.2) is 4.99 Å². The third kappa shape index (κ3) is 6.60. The van der Waals surface area contributed by atoms with Crippen molar-refractivity contribution in [2.75, 3.05) is 11.5 Å². The molecule has 7 nitrogen and oxygen atoms in total. The highest BCUT2D eigenvalue weighted by molar-refractivity contribution is 8.19. The SMILES string of the molecule is CCOc1cc(/C=C2/SC(=Nc3ccccc3)N(c3ccccc3)C2=O)cc(Cl)c1OS(=O)(=O)c1ccc(Cl)cc1. The summed E-state index contributed by atoms with van der Waals surface area (Å²) in [7, 11) is -4.23. The number of hydrogen-bond acceptors (Lipinski definition) is 7. The average molecular weight is 626 g/mol. The van der Waals surface area contributed by atoms with Crippen LogP contribution < -0.4 is 13.8 Å². The van der Waals surface area contributed by atoms with Crippen LogP contribution in [-0.2, 0) is 14.9 Å². The molecule has 208 valence electrons. The fourth-order valence-electron chi connectivity index (χ4n) is 3.89. The molecule has 0 radical (unpaired) electrons. The first-order chi connectivity index (χ1) is 19.7. The van der Waals surface area contributed by atoms with E-state index >= 15 is 0 Å². The van der Waals surface area contributed by atoms with Crippen molar-refractivity contribution in [1.82, 2.24) is 0 Å². The van der Waals surface area contributed by atoms with Crippen LogP contribution in [0.2, 0.25) is 10.0 Å². The molecule has 41 heavy (non-hydrogen) atoms. The van der Waals surface area contributed by atoms with E-state index in [9.17, 15) is 13.2 Å². The molecule has 0 bridgehead atoms. The van der Waals surface area contributed by atoms with E-state index in [1.807, 2.05) is 60.7 Å². The second-order valence-corrected chi connectivity index (χ2v) is 12.0. The summed E-state index contributed by atoms with van der Waals surface area (Å²) in [5, 5.41) is 0.870. The smallest absolute Gasteiger partial charge is 0.339 e. The Kier molecular flexibility index (Phi) is 8.70. The summed E-state index contributed by atoms with van der Waals surface area (Å²) in [5.74, 6) is -0.318. The number of carbonyl (C=O) groups is 1. The molecule has 11 heteroatoms. The number of amidine groups is 1. The lowest BCUT2D eigenvalue weighted by molar-refractivity contribution is -0.113. The largest absolute Gasteiger partial charge is 0.490 e. The summed E-state index contributed by atoms with van der Waals surface area (Å²) < 4.78 is 36.9. The van der Waals surface area contributed by atoms with Crippen LogP contribution in [0.3, 0.4) is 0 Å². The van der Waals surface area contributed by atoms with E-state index in [-0.39, 0.29) is 33.9 Å². The molecule has 0 unspecified atom stereocenters. The van der Waals surface area contributed by atoms with Gasteiger partial charge in [0, 0.05) is 5.02 Å². The van der Waals surface area contributed by atoms with Crippen LogP contribution in [0.5, 0.6) is 11.5 Å². The monoisotopic (exact) mass is 624 g/mol. The molecule has 0 N–H and O–H groups in total. The minimum absolute atomic E-state index is 0.00567. The van der Waals surface area contributed by atoms with Gasteiger partial charge < -0.3 is 8.92 Å². The fourth-order valence-corrected chi connectivity index (χ4v) is 6.28. The molecule has 4 aromatic carbocycles. The minimum atomic E-state index is -4.23. The standard InChI is InChI=1S/C30H22Cl2N2O5S2/c1-2-38-26-18-20(17-25(32)28(26)39-41(36,37)24-15-13-21(31)14-16-24)19-27-29(35)34(23-11-7-4-8-12-23)30(40-27)33-22-9-5-3-6-10-22/h3-19H,2H2,1H3/b27-19+,33-30?. The summed E-state index contributed by atoms with van der Waals surface area (Å²) in [5.41, 5.74) is 1.89. The molecular formula is C30H22Cl2N2O5S2. The molecular weight excluding hydrogens is 603 g/mol. The Balaban J connectivity index is 1.52. The lowest BCUT2D eigenvalue weighted by Gasteiger charge is -2.15. The third-order valence-electron chi connectivity index (χ3n) is 5.73. The van der Waals surface area contributed by atoms with Crippen molar-refractivity contribution in [2.45, 2.75) is 11.8 Å². The Morgan fingerprint density at radius 1 is 0.927 bits per heavy atom. The van der Waals surface area contributed by atoms with E-state index in [4.69, 9.17) is 37.1 Å². The number of carbonyl (C=O) groups excluding carboxylic acids is 1. The summed E-state index contributed by atoms with van der Waals surface area (Å²) in [6, 6.07) is 27.2. The van der Waals surface area contributed by atoms with Gasteiger partial charge in [-0.15, -0.1) is 0 Å². The lowest BCUT2D eigenvalue weighted by Crippen LogP contribution is -2.28.